The van der Waals surface area contributed by atoms with Gasteiger partial charge < -0.3 is 4.57 Å². The quantitative estimate of drug-likeness (QED) is 0.527. The minimum atomic E-state index is -0.498. The summed E-state index contributed by atoms with van der Waals surface area (Å²) in [6.45, 7) is 0.519. The summed E-state index contributed by atoms with van der Waals surface area (Å²) >= 11 is 0. The maximum atomic E-state index is 10.7. The molecular formula is C17H13N3O4. The Kier molecular flexibility index (Phi) is 4.07. The van der Waals surface area contributed by atoms with Crippen LogP contribution in [0, 0.1) is 20.2 Å². The fourth-order valence-electron chi connectivity index (χ4n) is 2.60. The highest BCUT2D eigenvalue weighted by Crippen LogP contribution is 2.24. The average molecular weight is 323 g/mol. The standard InChI is InChI=1S/C17H13N3O4/c21-19(22)10-9-14-12-18(17-4-2-1-3-16(14)17)11-13-5-7-15(8-6-13)20(23)24/h1-10,12H,11H2/b10-9+. The lowest BCUT2D eigenvalue weighted by molar-refractivity contribution is -0.400. The van der Waals surface area contributed by atoms with Crippen LogP contribution in [0.15, 0.2) is 60.9 Å². The maximum Gasteiger partial charge on any atom is 0.269 e. The van der Waals surface area contributed by atoms with E-state index < -0.39 is 9.85 Å². The van der Waals surface area contributed by atoms with Crippen LogP contribution in [0.5, 0.6) is 0 Å². The smallest absolute Gasteiger partial charge is 0.269 e. The second kappa shape index (κ2) is 6.33. The minimum absolute atomic E-state index is 0.0470. The molecule has 0 spiro atoms. The molecule has 0 fully saturated rings. The molecule has 7 nitrogen and oxygen atoms in total. The zero-order chi connectivity index (χ0) is 17.1. The van der Waals surface area contributed by atoms with Gasteiger partial charge in [0.2, 0.25) is 6.20 Å². The number of para-hydroxylation sites is 1. The molecule has 0 aliphatic carbocycles. The lowest BCUT2D eigenvalue weighted by Gasteiger charge is -2.05. The summed E-state index contributed by atoms with van der Waals surface area (Å²) in [5.41, 5.74) is 2.65. The number of nitro benzene ring substituents is 1. The van der Waals surface area contributed by atoms with Crippen molar-refractivity contribution in [1.82, 2.24) is 4.57 Å². The molecule has 0 unspecified atom stereocenters. The Morgan fingerprint density at radius 2 is 1.71 bits per heavy atom. The number of benzene rings is 2. The first-order chi connectivity index (χ1) is 11.5. The predicted molar refractivity (Wildman–Crippen MR) is 90.2 cm³/mol. The van der Waals surface area contributed by atoms with E-state index in [9.17, 15) is 20.2 Å². The van der Waals surface area contributed by atoms with Gasteiger partial charge in [0.25, 0.3) is 5.69 Å². The van der Waals surface area contributed by atoms with Crippen LogP contribution in [-0.4, -0.2) is 14.4 Å². The molecule has 0 amide bonds. The molecule has 0 aliphatic heterocycles. The predicted octanol–water partition coefficient (Wildman–Crippen LogP) is 3.85. The molecule has 0 atom stereocenters. The van der Waals surface area contributed by atoms with Crippen molar-refractivity contribution in [3.63, 3.8) is 0 Å². The number of rotatable bonds is 5. The van der Waals surface area contributed by atoms with Crippen molar-refractivity contribution >= 4 is 22.7 Å². The SMILES string of the molecule is O=[N+]([O-])/C=C/c1cn(Cc2ccc([N+](=O)[O-])cc2)c2ccccc12. The highest BCUT2D eigenvalue weighted by atomic mass is 16.6. The Morgan fingerprint density at radius 3 is 2.38 bits per heavy atom. The zero-order valence-electron chi connectivity index (χ0n) is 12.5. The molecule has 1 aromatic heterocycles. The first-order valence-electron chi connectivity index (χ1n) is 7.17. The van der Waals surface area contributed by atoms with E-state index in [1.807, 2.05) is 35.0 Å². The molecule has 0 saturated heterocycles. The van der Waals surface area contributed by atoms with Crippen molar-refractivity contribution in [2.24, 2.45) is 0 Å². The van der Waals surface area contributed by atoms with Crippen molar-refractivity contribution in [2.45, 2.75) is 6.54 Å². The van der Waals surface area contributed by atoms with Crippen LogP contribution in [0.25, 0.3) is 17.0 Å². The van der Waals surface area contributed by atoms with Gasteiger partial charge in [-0.1, -0.05) is 30.3 Å². The van der Waals surface area contributed by atoms with Gasteiger partial charge in [-0.05, 0) is 11.6 Å². The van der Waals surface area contributed by atoms with Crippen LogP contribution < -0.4 is 0 Å². The van der Waals surface area contributed by atoms with E-state index in [0.29, 0.717) is 6.54 Å². The highest BCUT2D eigenvalue weighted by molar-refractivity contribution is 5.89. The lowest BCUT2D eigenvalue weighted by Crippen LogP contribution is -1.98. The number of non-ortho nitro benzene ring substituents is 1. The van der Waals surface area contributed by atoms with Crippen molar-refractivity contribution in [3.8, 4) is 0 Å². The summed E-state index contributed by atoms with van der Waals surface area (Å²) in [4.78, 5) is 20.3. The molecule has 2 aromatic carbocycles. The van der Waals surface area contributed by atoms with Crippen molar-refractivity contribution in [1.29, 1.82) is 0 Å². The first kappa shape index (κ1) is 15.4. The van der Waals surface area contributed by atoms with E-state index in [4.69, 9.17) is 0 Å². The average Bonchev–Trinajstić information content (AvgIpc) is 2.91. The maximum absolute atomic E-state index is 10.7. The monoisotopic (exact) mass is 323 g/mol. The summed E-state index contributed by atoms with van der Waals surface area (Å²) in [6.07, 6.45) is 4.22. The first-order valence-corrected chi connectivity index (χ1v) is 7.17. The molecule has 0 saturated carbocycles. The second-order valence-corrected chi connectivity index (χ2v) is 5.25. The summed E-state index contributed by atoms with van der Waals surface area (Å²) in [5, 5.41) is 22.2. The van der Waals surface area contributed by atoms with Gasteiger partial charge in [-0.25, -0.2) is 0 Å². The molecule has 24 heavy (non-hydrogen) atoms. The topological polar surface area (TPSA) is 91.2 Å². The van der Waals surface area contributed by atoms with E-state index in [-0.39, 0.29) is 5.69 Å². The third kappa shape index (κ3) is 3.14. The zero-order valence-corrected chi connectivity index (χ0v) is 12.5. The van der Waals surface area contributed by atoms with Crippen LogP contribution >= 0.6 is 0 Å². The van der Waals surface area contributed by atoms with Gasteiger partial charge in [-0.2, -0.15) is 0 Å². The van der Waals surface area contributed by atoms with Gasteiger partial charge in [-0.15, -0.1) is 0 Å². The van der Waals surface area contributed by atoms with Gasteiger partial charge >= 0.3 is 0 Å². The molecule has 3 rings (SSSR count). The van der Waals surface area contributed by atoms with E-state index in [0.717, 1.165) is 28.2 Å². The summed E-state index contributed by atoms with van der Waals surface area (Å²) in [5.74, 6) is 0. The fraction of sp³-hybridized carbons (Fsp3) is 0.0588. The summed E-state index contributed by atoms with van der Waals surface area (Å²) in [6, 6.07) is 14.0. The molecule has 0 aliphatic rings. The highest BCUT2D eigenvalue weighted by Gasteiger charge is 2.09. The molecule has 0 radical (unpaired) electrons. The summed E-state index contributed by atoms with van der Waals surface area (Å²) < 4.78 is 1.97. The second-order valence-electron chi connectivity index (χ2n) is 5.25. The Morgan fingerprint density at radius 1 is 1.00 bits per heavy atom. The Bertz CT molecular complexity index is 942. The lowest BCUT2D eigenvalue weighted by atomic mass is 10.2. The number of hydrogen-bond donors (Lipinski definition) is 0. The number of nitrogens with zero attached hydrogens (tertiary/aromatic N) is 3. The number of hydrogen-bond acceptors (Lipinski definition) is 4. The largest absolute Gasteiger partial charge is 0.342 e. The van der Waals surface area contributed by atoms with Crippen LogP contribution in [-0.2, 0) is 6.54 Å². The van der Waals surface area contributed by atoms with E-state index in [1.165, 1.54) is 18.2 Å². The van der Waals surface area contributed by atoms with Crippen LogP contribution in [0.4, 0.5) is 5.69 Å². The molecule has 3 aromatic rings. The number of aromatic nitrogens is 1. The van der Waals surface area contributed by atoms with Crippen molar-refractivity contribution < 1.29 is 9.85 Å². The van der Waals surface area contributed by atoms with Gasteiger partial charge in [0, 0.05) is 47.4 Å². The van der Waals surface area contributed by atoms with Crippen LogP contribution in [0.1, 0.15) is 11.1 Å². The van der Waals surface area contributed by atoms with Crippen molar-refractivity contribution in [2.75, 3.05) is 0 Å². The van der Waals surface area contributed by atoms with Crippen LogP contribution in [0.3, 0.4) is 0 Å². The molecular weight excluding hydrogens is 310 g/mol. The minimum Gasteiger partial charge on any atom is -0.342 e. The van der Waals surface area contributed by atoms with Gasteiger partial charge in [0.1, 0.15) is 0 Å². The van der Waals surface area contributed by atoms with Crippen molar-refractivity contribution in [3.05, 3.63) is 92.3 Å². The van der Waals surface area contributed by atoms with Gasteiger partial charge in [-0.3, -0.25) is 20.2 Å². The fourth-order valence-corrected chi connectivity index (χ4v) is 2.60. The molecule has 7 heteroatoms. The Balaban J connectivity index is 1.97. The number of fused-ring (bicyclic) bond motifs is 1. The third-order valence-corrected chi connectivity index (χ3v) is 3.70. The molecule has 0 N–H and O–H groups in total. The molecule has 1 heterocycles. The van der Waals surface area contributed by atoms with Gasteiger partial charge in [0.15, 0.2) is 0 Å². The van der Waals surface area contributed by atoms with E-state index >= 15 is 0 Å². The number of nitro groups is 2. The Labute approximate surface area is 136 Å². The molecule has 0 bridgehead atoms. The third-order valence-electron chi connectivity index (χ3n) is 3.70. The van der Waals surface area contributed by atoms with E-state index in [2.05, 4.69) is 0 Å². The van der Waals surface area contributed by atoms with Crippen LogP contribution in [0.2, 0.25) is 0 Å². The Hall–Kier alpha value is -3.48. The summed E-state index contributed by atoms with van der Waals surface area (Å²) in [7, 11) is 0. The molecule has 120 valence electrons. The normalized spacial score (nSPS) is 11.2. The van der Waals surface area contributed by atoms with E-state index in [1.54, 1.807) is 12.1 Å². The van der Waals surface area contributed by atoms with Gasteiger partial charge in [0.05, 0.1) is 9.85 Å².